The van der Waals surface area contributed by atoms with Crippen molar-refractivity contribution in [2.24, 2.45) is 17.8 Å². The van der Waals surface area contributed by atoms with Crippen molar-refractivity contribution >= 4 is 5.96 Å². The van der Waals surface area contributed by atoms with Gasteiger partial charge in [0.05, 0.1) is 11.7 Å². The van der Waals surface area contributed by atoms with Crippen LogP contribution in [0.25, 0.3) is 0 Å². The molecule has 0 amide bonds. The predicted molar refractivity (Wildman–Crippen MR) is 66.1 cm³/mol. The van der Waals surface area contributed by atoms with E-state index in [2.05, 4.69) is 10.1 Å². The minimum absolute atomic E-state index is 0.146. The lowest BCUT2D eigenvalue weighted by Gasteiger charge is -2.21. The second kappa shape index (κ2) is 4.55. The second-order valence-electron chi connectivity index (χ2n) is 5.02. The molecule has 0 aliphatic carbocycles. The topological polar surface area (TPSA) is 59.4 Å². The van der Waals surface area contributed by atoms with Crippen molar-refractivity contribution < 1.29 is 0 Å². The molecule has 0 bridgehead atoms. The molecule has 0 spiro atoms. The van der Waals surface area contributed by atoms with Crippen molar-refractivity contribution in [3.63, 3.8) is 0 Å². The Morgan fingerprint density at radius 2 is 2.19 bits per heavy atom. The summed E-state index contributed by atoms with van der Waals surface area (Å²) < 4.78 is 1.78. The van der Waals surface area contributed by atoms with Gasteiger partial charge in [0.1, 0.15) is 0 Å². The fourth-order valence-corrected chi connectivity index (χ4v) is 1.34. The van der Waals surface area contributed by atoms with Crippen LogP contribution in [0.5, 0.6) is 0 Å². The fraction of sp³-hybridized carbons (Fsp3) is 0.636. The maximum Gasteiger partial charge on any atom is 0.191 e. The third-order valence-corrected chi connectivity index (χ3v) is 2.02. The Bertz CT molecular complexity index is 372. The Morgan fingerprint density at radius 1 is 1.56 bits per heavy atom. The molecule has 1 heterocycles. The van der Waals surface area contributed by atoms with Crippen LogP contribution in [0.3, 0.4) is 0 Å². The molecule has 0 unspecified atom stereocenters. The highest BCUT2D eigenvalue weighted by molar-refractivity contribution is 5.78. The van der Waals surface area contributed by atoms with Crippen LogP contribution in [0.15, 0.2) is 17.4 Å². The summed E-state index contributed by atoms with van der Waals surface area (Å²) >= 11 is 0. The average molecular weight is 223 g/mol. The van der Waals surface area contributed by atoms with Gasteiger partial charge in [-0.1, -0.05) is 0 Å². The number of hydrogen-bond donors (Lipinski definition) is 1. The summed E-state index contributed by atoms with van der Waals surface area (Å²) in [6.07, 6.45) is 3.81. The van der Waals surface area contributed by atoms with Gasteiger partial charge in [-0.15, -0.1) is 0 Å². The van der Waals surface area contributed by atoms with E-state index in [9.17, 15) is 0 Å². The van der Waals surface area contributed by atoms with Crippen molar-refractivity contribution in [3.8, 4) is 0 Å². The summed E-state index contributed by atoms with van der Waals surface area (Å²) in [4.78, 5) is 6.32. The SMILES string of the molecule is CN(Cc1cnn(C)c1)C(N)=NC(C)(C)C. The molecule has 5 heteroatoms. The van der Waals surface area contributed by atoms with E-state index < -0.39 is 0 Å². The van der Waals surface area contributed by atoms with Crippen molar-refractivity contribution in [2.45, 2.75) is 32.9 Å². The number of aliphatic imine (C=N–C) groups is 1. The Labute approximate surface area is 97.0 Å². The third kappa shape index (κ3) is 3.92. The summed E-state index contributed by atoms with van der Waals surface area (Å²) in [5.74, 6) is 0.552. The van der Waals surface area contributed by atoms with Gasteiger partial charge in [-0.25, -0.2) is 4.99 Å². The van der Waals surface area contributed by atoms with Crippen LogP contribution in [0.2, 0.25) is 0 Å². The molecule has 2 N–H and O–H groups in total. The van der Waals surface area contributed by atoms with Crippen molar-refractivity contribution in [1.29, 1.82) is 0 Å². The Morgan fingerprint density at radius 3 is 2.62 bits per heavy atom. The number of nitrogens with zero attached hydrogens (tertiary/aromatic N) is 4. The molecule has 1 aromatic rings. The van der Waals surface area contributed by atoms with E-state index in [1.54, 1.807) is 4.68 Å². The molecule has 0 fully saturated rings. The first-order valence-electron chi connectivity index (χ1n) is 5.32. The molecule has 1 rings (SSSR count). The first-order valence-corrected chi connectivity index (χ1v) is 5.32. The molecular formula is C11H21N5. The first-order chi connectivity index (χ1) is 7.28. The number of rotatable bonds is 2. The van der Waals surface area contributed by atoms with Gasteiger partial charge < -0.3 is 10.6 Å². The highest BCUT2D eigenvalue weighted by Gasteiger charge is 2.11. The molecule has 5 nitrogen and oxygen atoms in total. The summed E-state index contributed by atoms with van der Waals surface area (Å²) in [5.41, 5.74) is 6.88. The lowest BCUT2D eigenvalue weighted by Crippen LogP contribution is -2.35. The maximum absolute atomic E-state index is 5.91. The molecule has 1 aromatic heterocycles. The zero-order valence-corrected chi connectivity index (χ0v) is 10.7. The zero-order chi connectivity index (χ0) is 12.3. The normalized spacial score (nSPS) is 12.9. The number of aryl methyl sites for hydroxylation is 1. The molecular weight excluding hydrogens is 202 g/mol. The van der Waals surface area contributed by atoms with Crippen LogP contribution in [-0.4, -0.2) is 33.2 Å². The van der Waals surface area contributed by atoms with Crippen LogP contribution < -0.4 is 5.73 Å². The smallest absolute Gasteiger partial charge is 0.191 e. The van der Waals surface area contributed by atoms with Gasteiger partial charge in [-0.2, -0.15) is 5.10 Å². The number of nitrogens with two attached hydrogens (primary N) is 1. The number of aromatic nitrogens is 2. The minimum atomic E-state index is -0.146. The first kappa shape index (κ1) is 12.5. The molecule has 16 heavy (non-hydrogen) atoms. The summed E-state index contributed by atoms with van der Waals surface area (Å²) in [6.45, 7) is 6.80. The highest BCUT2D eigenvalue weighted by Crippen LogP contribution is 2.07. The summed E-state index contributed by atoms with van der Waals surface area (Å²) in [6, 6.07) is 0. The molecule has 90 valence electrons. The largest absolute Gasteiger partial charge is 0.370 e. The average Bonchev–Trinajstić information content (AvgIpc) is 2.48. The second-order valence-corrected chi connectivity index (χ2v) is 5.02. The van der Waals surface area contributed by atoms with Crippen molar-refractivity contribution in [3.05, 3.63) is 18.0 Å². The van der Waals surface area contributed by atoms with Crippen LogP contribution in [0.4, 0.5) is 0 Å². The fourth-order valence-electron chi connectivity index (χ4n) is 1.34. The quantitative estimate of drug-likeness (QED) is 0.600. The Balaban J connectivity index is 2.65. The lowest BCUT2D eigenvalue weighted by atomic mass is 10.1. The van der Waals surface area contributed by atoms with E-state index in [1.165, 1.54) is 0 Å². The van der Waals surface area contributed by atoms with Gasteiger partial charge in [0.15, 0.2) is 5.96 Å². The summed E-state index contributed by atoms with van der Waals surface area (Å²) in [7, 11) is 3.83. The Kier molecular flexibility index (Phi) is 3.57. The number of guanidine groups is 1. The molecule has 0 aromatic carbocycles. The lowest BCUT2D eigenvalue weighted by molar-refractivity contribution is 0.474. The van der Waals surface area contributed by atoms with Crippen LogP contribution in [-0.2, 0) is 13.6 Å². The Hall–Kier alpha value is -1.52. The molecule has 0 aliphatic rings. The summed E-state index contributed by atoms with van der Waals surface area (Å²) in [5, 5.41) is 4.11. The zero-order valence-electron chi connectivity index (χ0n) is 10.7. The molecule has 0 saturated heterocycles. The van der Waals surface area contributed by atoms with Gasteiger partial charge in [0.2, 0.25) is 0 Å². The van der Waals surface area contributed by atoms with E-state index in [0.717, 1.165) is 12.1 Å². The third-order valence-electron chi connectivity index (χ3n) is 2.02. The minimum Gasteiger partial charge on any atom is -0.370 e. The van der Waals surface area contributed by atoms with Crippen LogP contribution >= 0.6 is 0 Å². The van der Waals surface area contributed by atoms with Gasteiger partial charge in [0, 0.05) is 32.4 Å². The standard InChI is InChI=1S/C11H21N5/c1-11(2,3)14-10(12)15(4)7-9-6-13-16(5)8-9/h6,8H,7H2,1-5H3,(H2,12,14). The van der Waals surface area contributed by atoms with Crippen molar-refractivity contribution in [1.82, 2.24) is 14.7 Å². The predicted octanol–water partition coefficient (Wildman–Crippen LogP) is 0.965. The van der Waals surface area contributed by atoms with E-state index in [0.29, 0.717) is 5.96 Å². The van der Waals surface area contributed by atoms with Crippen LogP contribution in [0.1, 0.15) is 26.3 Å². The molecule has 0 aliphatic heterocycles. The maximum atomic E-state index is 5.91. The van der Waals surface area contributed by atoms with Gasteiger partial charge in [0.25, 0.3) is 0 Å². The highest BCUT2D eigenvalue weighted by atomic mass is 15.3. The van der Waals surface area contributed by atoms with E-state index in [1.807, 2.05) is 52.2 Å². The van der Waals surface area contributed by atoms with E-state index in [-0.39, 0.29) is 5.54 Å². The monoisotopic (exact) mass is 223 g/mol. The van der Waals surface area contributed by atoms with E-state index in [4.69, 9.17) is 5.73 Å². The molecule has 0 atom stereocenters. The van der Waals surface area contributed by atoms with Gasteiger partial charge in [-0.3, -0.25) is 4.68 Å². The van der Waals surface area contributed by atoms with Crippen molar-refractivity contribution in [2.75, 3.05) is 7.05 Å². The molecule has 0 saturated carbocycles. The number of hydrogen-bond acceptors (Lipinski definition) is 2. The van der Waals surface area contributed by atoms with Gasteiger partial charge >= 0.3 is 0 Å². The van der Waals surface area contributed by atoms with Crippen LogP contribution in [0, 0.1) is 0 Å². The van der Waals surface area contributed by atoms with Gasteiger partial charge in [-0.05, 0) is 20.8 Å². The molecule has 0 radical (unpaired) electrons. The van der Waals surface area contributed by atoms with E-state index >= 15 is 0 Å².